The summed E-state index contributed by atoms with van der Waals surface area (Å²) in [5.74, 6) is 0.819. The van der Waals surface area contributed by atoms with E-state index in [9.17, 15) is 4.79 Å². The molecule has 2 atom stereocenters. The molecule has 0 aromatic heterocycles. The van der Waals surface area contributed by atoms with Crippen molar-refractivity contribution in [1.29, 1.82) is 0 Å². The van der Waals surface area contributed by atoms with E-state index < -0.39 is 0 Å². The van der Waals surface area contributed by atoms with Gasteiger partial charge in [0.2, 0.25) is 0 Å². The molecule has 1 N–H and O–H groups in total. The molecule has 10 heavy (non-hydrogen) atoms. The van der Waals surface area contributed by atoms with Crippen molar-refractivity contribution in [2.45, 2.75) is 19.8 Å². The fourth-order valence-corrected chi connectivity index (χ4v) is 2.22. The highest BCUT2D eigenvalue weighted by Gasteiger charge is 2.47. The van der Waals surface area contributed by atoms with Crippen molar-refractivity contribution in [1.82, 2.24) is 5.32 Å². The van der Waals surface area contributed by atoms with Crippen LogP contribution in [-0.4, -0.2) is 18.9 Å². The number of nitrogens with one attached hydrogen (secondary N) is 1. The molecule has 2 unspecified atom stereocenters. The van der Waals surface area contributed by atoms with Crippen LogP contribution in [0.3, 0.4) is 0 Å². The molecule has 2 rings (SSSR count). The first-order valence-corrected chi connectivity index (χ1v) is 3.96. The summed E-state index contributed by atoms with van der Waals surface area (Å²) >= 11 is 0. The molecule has 1 heterocycles. The molecule has 2 heteroatoms. The largest absolute Gasteiger partial charge is 0.315 e. The SMILES string of the molecule is CC12CCC(=O)C1CNC2. The summed E-state index contributed by atoms with van der Waals surface area (Å²) in [4.78, 5) is 11.2. The second-order valence-corrected chi connectivity index (χ2v) is 3.80. The summed E-state index contributed by atoms with van der Waals surface area (Å²) in [6, 6.07) is 0. The number of hydrogen-bond donors (Lipinski definition) is 1. The normalized spacial score (nSPS) is 46.1. The minimum absolute atomic E-state index is 0.317. The van der Waals surface area contributed by atoms with Gasteiger partial charge in [0.25, 0.3) is 0 Å². The minimum Gasteiger partial charge on any atom is -0.315 e. The fraction of sp³-hybridized carbons (Fsp3) is 0.875. The highest BCUT2D eigenvalue weighted by atomic mass is 16.1. The number of fused-ring (bicyclic) bond motifs is 1. The van der Waals surface area contributed by atoms with Crippen LogP contribution in [-0.2, 0) is 4.79 Å². The lowest BCUT2D eigenvalue weighted by atomic mass is 9.83. The lowest BCUT2D eigenvalue weighted by molar-refractivity contribution is -0.121. The van der Waals surface area contributed by atoms with E-state index in [2.05, 4.69) is 12.2 Å². The summed E-state index contributed by atoms with van der Waals surface area (Å²) in [6.45, 7) is 4.20. The number of carbonyl (C=O) groups excluding carboxylic acids is 1. The van der Waals surface area contributed by atoms with Crippen LogP contribution in [0.5, 0.6) is 0 Å². The van der Waals surface area contributed by atoms with Crippen molar-refractivity contribution >= 4 is 5.78 Å². The topological polar surface area (TPSA) is 29.1 Å². The van der Waals surface area contributed by atoms with Crippen molar-refractivity contribution in [3.8, 4) is 0 Å². The van der Waals surface area contributed by atoms with Crippen LogP contribution < -0.4 is 5.32 Å². The van der Waals surface area contributed by atoms with E-state index in [-0.39, 0.29) is 0 Å². The Morgan fingerprint density at radius 2 is 2.50 bits per heavy atom. The van der Waals surface area contributed by atoms with Gasteiger partial charge in [0.05, 0.1) is 0 Å². The van der Waals surface area contributed by atoms with E-state index in [1.165, 1.54) is 0 Å². The average molecular weight is 139 g/mol. The van der Waals surface area contributed by atoms with Gasteiger partial charge in [-0.15, -0.1) is 0 Å². The molecule has 56 valence electrons. The summed E-state index contributed by atoms with van der Waals surface area (Å²) < 4.78 is 0. The van der Waals surface area contributed by atoms with Gasteiger partial charge in [0, 0.05) is 25.4 Å². The third-order valence-corrected chi connectivity index (χ3v) is 3.05. The third kappa shape index (κ3) is 0.655. The van der Waals surface area contributed by atoms with E-state index in [0.717, 1.165) is 25.9 Å². The quantitative estimate of drug-likeness (QED) is 0.531. The van der Waals surface area contributed by atoms with Gasteiger partial charge in [-0.05, 0) is 11.8 Å². The number of ketones is 1. The number of carbonyl (C=O) groups is 1. The first-order valence-electron chi connectivity index (χ1n) is 3.96. The molecule has 0 radical (unpaired) electrons. The maximum absolute atomic E-state index is 11.2. The number of Topliss-reactive ketones (excluding diaryl/α,β-unsaturated/α-hetero) is 1. The molecule has 2 fully saturated rings. The van der Waals surface area contributed by atoms with Crippen LogP contribution in [0.2, 0.25) is 0 Å². The molecule has 2 nitrogen and oxygen atoms in total. The molecule has 1 saturated heterocycles. The minimum atomic E-state index is 0.317. The molecule has 0 spiro atoms. The Kier molecular flexibility index (Phi) is 1.15. The first kappa shape index (κ1) is 6.35. The van der Waals surface area contributed by atoms with Gasteiger partial charge in [-0.2, -0.15) is 0 Å². The van der Waals surface area contributed by atoms with E-state index >= 15 is 0 Å². The second-order valence-electron chi connectivity index (χ2n) is 3.80. The smallest absolute Gasteiger partial charge is 0.137 e. The Balaban J connectivity index is 2.27. The predicted molar refractivity (Wildman–Crippen MR) is 38.7 cm³/mol. The lowest BCUT2D eigenvalue weighted by Gasteiger charge is -2.19. The summed E-state index contributed by atoms with van der Waals surface area (Å²) in [5, 5.41) is 3.27. The molecule has 0 amide bonds. The standard InChI is InChI=1S/C8H13NO/c1-8-3-2-7(10)6(8)4-9-5-8/h6,9H,2-5H2,1H3. The Hall–Kier alpha value is -0.370. The second kappa shape index (κ2) is 1.82. The first-order chi connectivity index (χ1) is 4.72. The zero-order valence-electron chi connectivity index (χ0n) is 6.31. The molecule has 1 saturated carbocycles. The molecule has 1 aliphatic heterocycles. The van der Waals surface area contributed by atoms with E-state index in [4.69, 9.17) is 0 Å². The van der Waals surface area contributed by atoms with Crippen molar-refractivity contribution in [3.05, 3.63) is 0 Å². The van der Waals surface area contributed by atoms with Crippen LogP contribution >= 0.6 is 0 Å². The zero-order valence-corrected chi connectivity index (χ0v) is 6.31. The Bertz CT molecular complexity index is 178. The van der Waals surface area contributed by atoms with E-state index in [1.54, 1.807) is 0 Å². The van der Waals surface area contributed by atoms with Crippen molar-refractivity contribution in [2.24, 2.45) is 11.3 Å². The van der Waals surface area contributed by atoms with Crippen LogP contribution in [0.25, 0.3) is 0 Å². The fourth-order valence-electron chi connectivity index (χ4n) is 2.22. The number of rotatable bonds is 0. The molecular formula is C8H13NO. The highest BCUT2D eigenvalue weighted by molar-refractivity contribution is 5.84. The number of hydrogen-bond acceptors (Lipinski definition) is 2. The molecule has 2 aliphatic rings. The van der Waals surface area contributed by atoms with Crippen LogP contribution in [0, 0.1) is 11.3 Å². The average Bonchev–Trinajstić information content (AvgIpc) is 2.35. The van der Waals surface area contributed by atoms with Gasteiger partial charge >= 0.3 is 0 Å². The van der Waals surface area contributed by atoms with Gasteiger partial charge in [-0.3, -0.25) is 4.79 Å². The van der Waals surface area contributed by atoms with Gasteiger partial charge in [-0.25, -0.2) is 0 Å². The Morgan fingerprint density at radius 1 is 1.70 bits per heavy atom. The Morgan fingerprint density at radius 3 is 3.20 bits per heavy atom. The maximum atomic E-state index is 11.2. The van der Waals surface area contributed by atoms with Crippen molar-refractivity contribution in [3.63, 3.8) is 0 Å². The van der Waals surface area contributed by atoms with Gasteiger partial charge in [0.15, 0.2) is 0 Å². The van der Waals surface area contributed by atoms with E-state index in [1.807, 2.05) is 0 Å². The zero-order chi connectivity index (χ0) is 7.19. The lowest BCUT2D eigenvalue weighted by Crippen LogP contribution is -2.22. The maximum Gasteiger partial charge on any atom is 0.137 e. The monoisotopic (exact) mass is 139 g/mol. The van der Waals surface area contributed by atoms with Crippen molar-refractivity contribution < 1.29 is 4.79 Å². The summed E-state index contributed by atoms with van der Waals surface area (Å²) in [6.07, 6.45) is 1.92. The van der Waals surface area contributed by atoms with Crippen LogP contribution in [0.1, 0.15) is 19.8 Å². The molecule has 1 aliphatic carbocycles. The highest BCUT2D eigenvalue weighted by Crippen LogP contribution is 2.42. The van der Waals surface area contributed by atoms with Gasteiger partial charge in [-0.1, -0.05) is 6.92 Å². The summed E-state index contributed by atoms with van der Waals surface area (Å²) in [5.41, 5.74) is 0.317. The van der Waals surface area contributed by atoms with Crippen LogP contribution in [0.15, 0.2) is 0 Å². The van der Waals surface area contributed by atoms with Gasteiger partial charge < -0.3 is 5.32 Å². The van der Waals surface area contributed by atoms with Crippen molar-refractivity contribution in [2.75, 3.05) is 13.1 Å². The Labute approximate surface area is 61.0 Å². The summed E-state index contributed by atoms with van der Waals surface area (Å²) in [7, 11) is 0. The molecular weight excluding hydrogens is 126 g/mol. The third-order valence-electron chi connectivity index (χ3n) is 3.05. The van der Waals surface area contributed by atoms with E-state index in [0.29, 0.717) is 17.1 Å². The molecule has 0 aromatic carbocycles. The molecule has 0 bridgehead atoms. The van der Waals surface area contributed by atoms with Gasteiger partial charge in [0.1, 0.15) is 5.78 Å². The van der Waals surface area contributed by atoms with Crippen LogP contribution in [0.4, 0.5) is 0 Å². The predicted octanol–water partition coefficient (Wildman–Crippen LogP) is 0.575. The molecule has 0 aromatic rings.